The second-order valence-corrected chi connectivity index (χ2v) is 6.61. The van der Waals surface area contributed by atoms with Crippen LogP contribution < -0.4 is 10.2 Å². The predicted octanol–water partition coefficient (Wildman–Crippen LogP) is 2.71. The number of nitrogens with zero attached hydrogens (tertiary/aromatic N) is 2. The zero-order valence-corrected chi connectivity index (χ0v) is 13.7. The molecule has 1 N–H and O–H groups in total. The van der Waals surface area contributed by atoms with Crippen LogP contribution in [0, 0.1) is 11.7 Å². The minimum absolute atomic E-state index is 0.0999. The Morgan fingerprint density at radius 1 is 1.38 bits per heavy atom. The molecule has 1 saturated heterocycles. The van der Waals surface area contributed by atoms with E-state index in [1.807, 2.05) is 12.1 Å². The van der Waals surface area contributed by atoms with Gasteiger partial charge in [-0.1, -0.05) is 19.9 Å². The maximum atomic E-state index is 14.2. The predicted molar refractivity (Wildman–Crippen MR) is 87.2 cm³/mol. The SMILES string of the molecule is CC(C)CNCc1c(F)cccc1N1CCC(N(C)C)C1. The van der Waals surface area contributed by atoms with Gasteiger partial charge < -0.3 is 15.1 Å². The summed E-state index contributed by atoms with van der Waals surface area (Å²) >= 11 is 0. The van der Waals surface area contributed by atoms with Crippen molar-refractivity contribution in [1.29, 1.82) is 0 Å². The monoisotopic (exact) mass is 293 g/mol. The van der Waals surface area contributed by atoms with E-state index in [2.05, 4.69) is 43.1 Å². The van der Waals surface area contributed by atoms with Crippen molar-refractivity contribution >= 4 is 5.69 Å². The number of halogens is 1. The van der Waals surface area contributed by atoms with Gasteiger partial charge in [-0.3, -0.25) is 0 Å². The van der Waals surface area contributed by atoms with E-state index in [1.54, 1.807) is 6.07 Å². The summed E-state index contributed by atoms with van der Waals surface area (Å²) in [5.74, 6) is 0.474. The van der Waals surface area contributed by atoms with E-state index in [1.165, 1.54) is 0 Å². The molecule has 0 aromatic heterocycles. The van der Waals surface area contributed by atoms with Gasteiger partial charge in [-0.2, -0.15) is 0 Å². The molecule has 1 aromatic carbocycles. The van der Waals surface area contributed by atoms with Crippen molar-refractivity contribution in [1.82, 2.24) is 10.2 Å². The molecule has 4 heteroatoms. The first-order valence-corrected chi connectivity index (χ1v) is 7.88. The van der Waals surface area contributed by atoms with Crippen molar-refractivity contribution in [3.05, 3.63) is 29.6 Å². The Labute approximate surface area is 128 Å². The summed E-state index contributed by atoms with van der Waals surface area (Å²) < 4.78 is 14.2. The highest BCUT2D eigenvalue weighted by Gasteiger charge is 2.26. The third kappa shape index (κ3) is 4.17. The zero-order chi connectivity index (χ0) is 15.4. The van der Waals surface area contributed by atoms with Gasteiger partial charge in [0.15, 0.2) is 0 Å². The number of hydrogen-bond acceptors (Lipinski definition) is 3. The third-order valence-corrected chi connectivity index (χ3v) is 4.18. The molecule has 0 radical (unpaired) electrons. The second kappa shape index (κ2) is 7.23. The summed E-state index contributed by atoms with van der Waals surface area (Å²) in [6, 6.07) is 5.99. The molecule has 0 saturated carbocycles. The first kappa shape index (κ1) is 16.2. The molecule has 118 valence electrons. The Bertz CT molecular complexity index is 459. The van der Waals surface area contributed by atoms with Crippen molar-refractivity contribution in [2.45, 2.75) is 32.9 Å². The summed E-state index contributed by atoms with van der Waals surface area (Å²) in [7, 11) is 4.23. The summed E-state index contributed by atoms with van der Waals surface area (Å²) in [5.41, 5.74) is 1.85. The van der Waals surface area contributed by atoms with Crippen molar-refractivity contribution in [2.75, 3.05) is 38.6 Å². The molecule has 1 fully saturated rings. The van der Waals surface area contributed by atoms with Crippen LogP contribution in [0.5, 0.6) is 0 Å². The Kier molecular flexibility index (Phi) is 5.59. The molecule has 0 aliphatic carbocycles. The first-order valence-electron chi connectivity index (χ1n) is 7.88. The molecule has 3 nitrogen and oxygen atoms in total. The lowest BCUT2D eigenvalue weighted by Gasteiger charge is -2.24. The van der Waals surface area contributed by atoms with Crippen molar-refractivity contribution in [3.63, 3.8) is 0 Å². The summed E-state index contributed by atoms with van der Waals surface area (Å²) in [6.45, 7) is 7.82. The number of benzene rings is 1. The van der Waals surface area contributed by atoms with E-state index in [0.717, 1.165) is 37.3 Å². The maximum absolute atomic E-state index is 14.2. The summed E-state index contributed by atoms with van der Waals surface area (Å²) in [4.78, 5) is 4.58. The van der Waals surface area contributed by atoms with Crippen molar-refractivity contribution in [2.24, 2.45) is 5.92 Å². The van der Waals surface area contributed by atoms with Crippen LogP contribution in [0.4, 0.5) is 10.1 Å². The van der Waals surface area contributed by atoms with Gasteiger partial charge in [0.1, 0.15) is 5.82 Å². The average molecular weight is 293 g/mol. The Morgan fingerprint density at radius 2 is 2.14 bits per heavy atom. The topological polar surface area (TPSA) is 18.5 Å². The van der Waals surface area contributed by atoms with Gasteiger partial charge in [-0.25, -0.2) is 4.39 Å². The highest BCUT2D eigenvalue weighted by atomic mass is 19.1. The van der Waals surface area contributed by atoms with Crippen LogP contribution in [0.25, 0.3) is 0 Å². The molecule has 0 amide bonds. The number of anilines is 1. The van der Waals surface area contributed by atoms with Crippen molar-refractivity contribution in [3.8, 4) is 0 Å². The minimum Gasteiger partial charge on any atom is -0.370 e. The second-order valence-electron chi connectivity index (χ2n) is 6.61. The number of nitrogens with one attached hydrogen (secondary N) is 1. The average Bonchev–Trinajstić information content (AvgIpc) is 2.90. The maximum Gasteiger partial charge on any atom is 0.129 e. The molecular formula is C17H28FN3. The molecule has 1 atom stereocenters. The highest BCUT2D eigenvalue weighted by Crippen LogP contribution is 2.27. The number of rotatable bonds is 6. The molecular weight excluding hydrogens is 265 g/mol. The van der Waals surface area contributed by atoms with E-state index >= 15 is 0 Å². The number of hydrogen-bond donors (Lipinski definition) is 1. The molecule has 1 unspecified atom stereocenters. The van der Waals surface area contributed by atoms with Gasteiger partial charge in [-0.05, 0) is 45.1 Å². The quantitative estimate of drug-likeness (QED) is 0.870. The number of likely N-dealkylation sites (N-methyl/N-ethyl adjacent to an activating group) is 1. The van der Waals surface area contributed by atoms with Gasteiger partial charge in [0, 0.05) is 36.9 Å². The molecule has 0 spiro atoms. The van der Waals surface area contributed by atoms with Crippen LogP contribution in [-0.4, -0.2) is 44.7 Å². The normalized spacial score (nSPS) is 19.0. The first-order chi connectivity index (χ1) is 9.99. The van der Waals surface area contributed by atoms with Gasteiger partial charge in [0.2, 0.25) is 0 Å². The van der Waals surface area contributed by atoms with Crippen molar-refractivity contribution < 1.29 is 4.39 Å². The van der Waals surface area contributed by atoms with Gasteiger partial charge in [0.25, 0.3) is 0 Å². The Balaban J connectivity index is 2.10. The van der Waals surface area contributed by atoms with Crippen LogP contribution in [0.2, 0.25) is 0 Å². The lowest BCUT2D eigenvalue weighted by atomic mass is 10.1. The minimum atomic E-state index is -0.0999. The van der Waals surface area contributed by atoms with Gasteiger partial charge in [0.05, 0.1) is 0 Å². The van der Waals surface area contributed by atoms with Crippen LogP contribution in [0.15, 0.2) is 18.2 Å². The fourth-order valence-electron chi connectivity index (χ4n) is 2.89. The lowest BCUT2D eigenvalue weighted by Crippen LogP contribution is -2.32. The molecule has 21 heavy (non-hydrogen) atoms. The van der Waals surface area contributed by atoms with E-state index < -0.39 is 0 Å². The lowest BCUT2D eigenvalue weighted by molar-refractivity contribution is 0.315. The van der Waals surface area contributed by atoms with Crippen LogP contribution in [-0.2, 0) is 6.54 Å². The van der Waals surface area contributed by atoms with E-state index in [4.69, 9.17) is 0 Å². The van der Waals surface area contributed by atoms with Crippen LogP contribution in [0.1, 0.15) is 25.8 Å². The van der Waals surface area contributed by atoms with Crippen LogP contribution in [0.3, 0.4) is 0 Å². The largest absolute Gasteiger partial charge is 0.370 e. The smallest absolute Gasteiger partial charge is 0.129 e. The summed E-state index contributed by atoms with van der Waals surface area (Å²) in [6.07, 6.45) is 1.14. The molecule has 0 bridgehead atoms. The zero-order valence-electron chi connectivity index (χ0n) is 13.7. The highest BCUT2D eigenvalue weighted by molar-refractivity contribution is 5.55. The Morgan fingerprint density at radius 3 is 2.76 bits per heavy atom. The standard InChI is InChI=1S/C17H28FN3/c1-13(2)10-19-11-15-16(18)6-5-7-17(15)21-9-8-14(12-21)20(3)4/h5-7,13-14,19H,8-12H2,1-4H3. The molecule has 1 aromatic rings. The van der Waals surface area contributed by atoms with E-state index in [0.29, 0.717) is 18.5 Å². The van der Waals surface area contributed by atoms with Crippen LogP contribution >= 0.6 is 0 Å². The fraction of sp³-hybridized carbons (Fsp3) is 0.647. The van der Waals surface area contributed by atoms with Gasteiger partial charge in [-0.15, -0.1) is 0 Å². The Hall–Kier alpha value is -1.13. The third-order valence-electron chi connectivity index (χ3n) is 4.18. The molecule has 1 aliphatic rings. The molecule has 1 heterocycles. The summed E-state index contributed by atoms with van der Waals surface area (Å²) in [5, 5.41) is 3.36. The van der Waals surface area contributed by atoms with E-state index in [-0.39, 0.29) is 5.82 Å². The molecule has 1 aliphatic heterocycles. The fourth-order valence-corrected chi connectivity index (χ4v) is 2.89. The molecule has 2 rings (SSSR count). The van der Waals surface area contributed by atoms with E-state index in [9.17, 15) is 4.39 Å². The van der Waals surface area contributed by atoms with Gasteiger partial charge >= 0.3 is 0 Å².